The smallest absolute Gasteiger partial charge is 0.212 e. The predicted molar refractivity (Wildman–Crippen MR) is 477 cm³/mol. The summed E-state index contributed by atoms with van der Waals surface area (Å²) in [6.07, 6.45) is 4.78. The second-order valence-electron chi connectivity index (χ2n) is 25.6. The largest absolute Gasteiger partial charge is 0.748 e. The summed E-state index contributed by atoms with van der Waals surface area (Å²) in [5.74, 6) is -14.7. The molecule has 0 N–H and O–H groups in total. The van der Waals surface area contributed by atoms with Crippen molar-refractivity contribution in [3.63, 3.8) is 0 Å². The van der Waals surface area contributed by atoms with E-state index < -0.39 is 94.9 Å². The zero-order valence-electron chi connectivity index (χ0n) is 64.8. The van der Waals surface area contributed by atoms with Gasteiger partial charge in [0.15, 0.2) is 87.4 Å². The highest BCUT2D eigenvalue weighted by atomic mass is 32.2. The molecule has 14 aromatic rings. The highest BCUT2D eigenvalue weighted by molar-refractivity contribution is 8.00. The highest BCUT2D eigenvalue weighted by Crippen LogP contribution is 2.40. The number of para-hydroxylation sites is 1. The van der Waals surface area contributed by atoms with E-state index in [0.29, 0.717) is 28.7 Å². The van der Waals surface area contributed by atoms with Crippen molar-refractivity contribution in [1.82, 2.24) is 0 Å². The molecule has 0 aromatic heterocycles. The Kier molecular flexibility index (Phi) is 35.2. The minimum atomic E-state index is -3.92. The Morgan fingerprint density at radius 1 is 0.344 bits per heavy atom. The molecule has 0 aliphatic rings. The molecule has 0 heterocycles. The van der Waals surface area contributed by atoms with Crippen LogP contribution in [0, 0.1) is 58.2 Å². The molecular formula is C94H78B2F10O9S7. The summed E-state index contributed by atoms with van der Waals surface area (Å²) >= 11 is 5.04. The number of fused-ring (bicyclic) bond motifs is 1. The van der Waals surface area contributed by atoms with Crippen LogP contribution in [0.25, 0.3) is 10.8 Å². The van der Waals surface area contributed by atoms with Crippen molar-refractivity contribution in [2.45, 2.75) is 79.5 Å². The van der Waals surface area contributed by atoms with Crippen molar-refractivity contribution in [2.24, 2.45) is 0 Å². The number of rotatable bonds is 21. The van der Waals surface area contributed by atoms with Gasteiger partial charge in [0.2, 0.25) is 5.78 Å². The molecule has 0 aliphatic heterocycles. The molecule has 0 spiro atoms. The molecule has 626 valence electrons. The van der Waals surface area contributed by atoms with Gasteiger partial charge in [0.25, 0.3) is 0 Å². The Morgan fingerprint density at radius 2 is 0.590 bits per heavy atom. The van der Waals surface area contributed by atoms with Crippen LogP contribution in [0.3, 0.4) is 0 Å². The van der Waals surface area contributed by atoms with Crippen LogP contribution in [0.1, 0.15) is 62.2 Å². The Labute approximate surface area is 724 Å². The number of carbonyl (C=O) groups is 4. The standard InChI is InChI=1S/C42H33O3S4.C24H19OS.C15H17O2S.2C6H3BF5.CH4O3S/c1-28(43)31-4-10-34(11-5-31)46-37-16-22-40(23-17-37)49(41-24-18-38(19-25-41)47-35-12-6-32(7-13-35)29(2)44)42-26-20-39(21-27-42)48-36-14-8-33(9-15-36)30(3)45;1-4-10-20(11-5-1)25-21-16-18-24(19-17-21)26(22-12-6-2-7-13-22)23-14-8-3-9-15-23;1-17-15-9-8-12(14(16)10-18(2)3)11-6-4-5-7-13(11)15;2*7-1-2(8)4(10)6(12)5(11)3(1)9;1-5(2,3)4/h4-27H,1-3H3;1-19H;4-9H,10H2,1-3H3;2*7H3;1H3,(H,2,3,4)/q3*+1;2*-1;/p-1. The second-order valence-corrected chi connectivity index (χ2v) is 36.8. The molecule has 122 heavy (non-hydrogen) atoms. The zero-order valence-corrected chi connectivity index (χ0v) is 70.5. The van der Waals surface area contributed by atoms with Crippen molar-refractivity contribution >= 4 is 139 Å². The summed E-state index contributed by atoms with van der Waals surface area (Å²) in [6, 6.07) is 101. The van der Waals surface area contributed by atoms with Crippen LogP contribution in [-0.4, -0.2) is 83.4 Å². The first kappa shape index (κ1) is 94.9. The van der Waals surface area contributed by atoms with Gasteiger partial charge in [-0.15, -0.1) is 10.9 Å². The Balaban J connectivity index is 0.000000192. The van der Waals surface area contributed by atoms with Crippen LogP contribution < -0.4 is 20.4 Å². The number of ether oxygens (including phenoxy) is 2. The van der Waals surface area contributed by atoms with E-state index in [1.54, 1.807) is 63.2 Å². The fourth-order valence-corrected chi connectivity index (χ4v) is 18.1. The number of methoxy groups -OCH3 is 1. The third-order valence-electron chi connectivity index (χ3n) is 16.5. The van der Waals surface area contributed by atoms with Gasteiger partial charge in [-0.25, -0.2) is 52.3 Å². The number of carbonyl (C=O) groups excluding carboxylic acids is 4. The molecule has 9 nitrogen and oxygen atoms in total. The van der Waals surface area contributed by atoms with E-state index in [1.807, 2.05) is 152 Å². The van der Waals surface area contributed by atoms with E-state index in [-0.39, 0.29) is 55.8 Å². The number of benzene rings is 14. The topological polar surface area (TPSA) is 144 Å². The average molecular weight is 1790 g/mol. The van der Waals surface area contributed by atoms with Gasteiger partial charge >= 0.3 is 0 Å². The fraction of sp³-hybridized carbons (Fsp3) is 0.0851. The molecule has 14 aromatic carbocycles. The molecule has 0 atom stereocenters. The van der Waals surface area contributed by atoms with Crippen LogP contribution in [0.5, 0.6) is 17.2 Å². The molecule has 0 fully saturated rings. The summed E-state index contributed by atoms with van der Waals surface area (Å²) < 4.78 is 162. The number of Topliss-reactive ketones (excluding diaryl/α,β-unsaturated/α-hetero) is 4. The molecule has 0 saturated carbocycles. The van der Waals surface area contributed by atoms with Crippen molar-refractivity contribution in [3.8, 4) is 17.2 Å². The van der Waals surface area contributed by atoms with Crippen molar-refractivity contribution in [1.29, 1.82) is 0 Å². The molecule has 0 aliphatic carbocycles. The quantitative estimate of drug-likeness (QED) is 0.0128. The second kappa shape index (κ2) is 45.3. The van der Waals surface area contributed by atoms with Crippen LogP contribution in [0.15, 0.2) is 356 Å². The van der Waals surface area contributed by atoms with E-state index in [0.717, 1.165) is 63.0 Å². The first-order chi connectivity index (χ1) is 58.2. The van der Waals surface area contributed by atoms with Gasteiger partial charge in [-0.05, 0) is 235 Å². The van der Waals surface area contributed by atoms with E-state index >= 15 is 0 Å². The van der Waals surface area contributed by atoms with Gasteiger partial charge in [0.05, 0.1) is 51.5 Å². The molecule has 0 bridgehead atoms. The molecule has 14 rings (SSSR count). The third-order valence-corrected chi connectivity index (χ3v) is 24.8. The Hall–Kier alpha value is -10.9. The number of ketones is 4. The highest BCUT2D eigenvalue weighted by Gasteiger charge is 2.31. The maximum absolute atomic E-state index is 12.5. The molecular weight excluding hydrogens is 1710 g/mol. The van der Waals surface area contributed by atoms with Crippen LogP contribution in [-0.2, 0) is 42.8 Å². The minimum Gasteiger partial charge on any atom is -0.748 e. The normalized spacial score (nSPS) is 10.8. The van der Waals surface area contributed by atoms with Gasteiger partial charge < -0.3 is 14.0 Å². The van der Waals surface area contributed by atoms with E-state index in [1.165, 1.54) is 29.4 Å². The molecule has 28 heteroatoms. The first-order valence-electron chi connectivity index (χ1n) is 35.8. The summed E-state index contributed by atoms with van der Waals surface area (Å²) in [6.45, 7) is 4.75. The number of hydrogen-bond donors (Lipinski definition) is 0. The maximum atomic E-state index is 12.5. The summed E-state index contributed by atoms with van der Waals surface area (Å²) in [7, 11) is -4.72. The Morgan fingerprint density at radius 3 is 0.877 bits per heavy atom. The molecule has 0 amide bonds. The monoisotopic (exact) mass is 1790 g/mol. The van der Waals surface area contributed by atoms with Gasteiger partial charge in [0, 0.05) is 63.3 Å². The molecule has 0 radical (unpaired) electrons. The van der Waals surface area contributed by atoms with Gasteiger partial charge in [0.1, 0.15) is 40.5 Å². The molecule has 0 saturated heterocycles. The van der Waals surface area contributed by atoms with Crippen LogP contribution >= 0.6 is 35.3 Å². The first-order valence-corrected chi connectivity index (χ1v) is 44.7. The summed E-state index contributed by atoms with van der Waals surface area (Å²) in [4.78, 5) is 61.5. The number of hydrogen-bond acceptors (Lipinski definition) is 12. The summed E-state index contributed by atoms with van der Waals surface area (Å²) in [5.41, 5.74) is 1.71. The zero-order chi connectivity index (χ0) is 88.5. The van der Waals surface area contributed by atoms with Gasteiger partial charge in [-0.3, -0.25) is 19.2 Å². The average Bonchev–Trinajstić information content (AvgIpc) is 0.841. The van der Waals surface area contributed by atoms with E-state index in [2.05, 4.69) is 158 Å². The van der Waals surface area contributed by atoms with Gasteiger partial charge in [-0.1, -0.05) is 151 Å². The van der Waals surface area contributed by atoms with Crippen molar-refractivity contribution < 1.29 is 85.5 Å². The maximum Gasteiger partial charge on any atom is 0.212 e. The van der Waals surface area contributed by atoms with E-state index in [9.17, 15) is 63.1 Å². The lowest BCUT2D eigenvalue weighted by atomic mass is 9.94. The van der Waals surface area contributed by atoms with E-state index in [4.69, 9.17) is 22.4 Å². The predicted octanol–water partition coefficient (Wildman–Crippen LogP) is 21.2. The lowest BCUT2D eigenvalue weighted by Crippen LogP contribution is -2.20. The van der Waals surface area contributed by atoms with Crippen LogP contribution in [0.4, 0.5) is 43.9 Å². The third kappa shape index (κ3) is 27.0. The minimum absolute atomic E-state index is 0.0674. The number of halogens is 10. The SMILES string of the molecule is CC(=O)c1ccc(Sc2ccc([S+](c3ccc(Sc4ccc(C(C)=O)cc4)cc3)c3ccc(Sc4ccc(C(C)=O)cc4)cc3)cc2)cc1.COc1ccc(C(=O)C[S+](C)C)c2ccccc12.CS(=O)(=O)[O-].[BH3-]c1c(F)c(F)c(F)c(F)c1F.[BH3-]c1c(F)c(F)c(F)c(F)c1F.c1ccc(Oc2ccc([S+](c3ccccc3)c3ccccc3)cc2)cc1. The van der Waals surface area contributed by atoms with Crippen molar-refractivity contribution in [3.05, 3.63) is 378 Å². The fourth-order valence-electron chi connectivity index (χ4n) is 10.8. The lowest BCUT2D eigenvalue weighted by Gasteiger charge is -2.11. The summed E-state index contributed by atoms with van der Waals surface area (Å²) in [5, 5.41) is 1.98. The van der Waals surface area contributed by atoms with Gasteiger partial charge in [-0.2, -0.15) is 0 Å². The molecule has 0 unspecified atom stereocenters. The Bertz CT molecular complexity index is 5480. The van der Waals surface area contributed by atoms with Crippen molar-refractivity contribution in [2.75, 3.05) is 31.6 Å². The lowest BCUT2D eigenvalue weighted by molar-refractivity contribution is 0.100. The van der Waals surface area contributed by atoms with Crippen LogP contribution in [0.2, 0.25) is 0 Å².